The van der Waals surface area contributed by atoms with Crippen molar-refractivity contribution in [2.24, 2.45) is 5.84 Å². The molecule has 7 nitrogen and oxygen atoms in total. The van der Waals surface area contributed by atoms with Crippen molar-refractivity contribution >= 4 is 28.7 Å². The molecule has 7 N–H and O–H groups in total. The van der Waals surface area contributed by atoms with Gasteiger partial charge in [-0.25, -0.2) is 9.97 Å². The van der Waals surface area contributed by atoms with Crippen LogP contribution < -0.4 is 27.5 Å². The predicted octanol–water partition coefficient (Wildman–Crippen LogP) is 2.23. The van der Waals surface area contributed by atoms with Gasteiger partial charge in [0.25, 0.3) is 0 Å². The van der Waals surface area contributed by atoms with Crippen molar-refractivity contribution in [3.63, 3.8) is 0 Å². The molecule has 118 valence electrons. The first kappa shape index (κ1) is 15.1. The fraction of sp³-hybridized carbons (Fsp3) is 0.0667. The van der Waals surface area contributed by atoms with E-state index in [0.717, 1.165) is 16.3 Å². The normalized spacial score (nSPS) is 10.5. The second kappa shape index (κ2) is 6.51. The number of rotatable bonds is 5. The van der Waals surface area contributed by atoms with Gasteiger partial charge in [-0.15, -0.1) is 11.3 Å². The van der Waals surface area contributed by atoms with E-state index in [1.807, 2.05) is 35.7 Å². The number of aromatic nitrogens is 2. The van der Waals surface area contributed by atoms with Gasteiger partial charge in [0.1, 0.15) is 23.1 Å². The smallest absolute Gasteiger partial charge is 0.154 e. The molecule has 0 aliphatic heterocycles. The summed E-state index contributed by atoms with van der Waals surface area (Å²) < 4.78 is 5.73. The number of nitrogens with one attached hydrogen (secondary N) is 1. The van der Waals surface area contributed by atoms with E-state index in [1.165, 1.54) is 0 Å². The Morgan fingerprint density at radius 2 is 1.91 bits per heavy atom. The Morgan fingerprint density at radius 3 is 2.65 bits per heavy atom. The van der Waals surface area contributed by atoms with Crippen LogP contribution in [0.3, 0.4) is 0 Å². The van der Waals surface area contributed by atoms with Crippen molar-refractivity contribution in [3.8, 4) is 16.3 Å². The van der Waals surface area contributed by atoms with Gasteiger partial charge in [-0.1, -0.05) is 30.3 Å². The van der Waals surface area contributed by atoms with Crippen LogP contribution in [0, 0.1) is 0 Å². The molecule has 0 unspecified atom stereocenters. The summed E-state index contributed by atoms with van der Waals surface area (Å²) in [5.74, 6) is 6.33. The van der Waals surface area contributed by atoms with Crippen LogP contribution >= 0.6 is 11.3 Å². The number of ether oxygens (including phenoxy) is 1. The Hall–Kier alpha value is -2.84. The van der Waals surface area contributed by atoms with Gasteiger partial charge in [-0.2, -0.15) is 0 Å². The van der Waals surface area contributed by atoms with Crippen LogP contribution in [-0.4, -0.2) is 9.97 Å². The molecule has 1 aromatic carbocycles. The molecule has 0 saturated heterocycles. The number of benzene rings is 1. The molecule has 2 aromatic heterocycles. The molecule has 0 radical (unpaired) electrons. The molecule has 0 aliphatic carbocycles. The lowest BCUT2D eigenvalue weighted by Gasteiger charge is -2.12. The SMILES string of the molecule is NNc1c(OCc2csc(-c3ccccc3)n2)cc(N)nc1N. The molecule has 23 heavy (non-hydrogen) atoms. The summed E-state index contributed by atoms with van der Waals surface area (Å²) in [5.41, 5.74) is 16.2. The number of nitrogens with zero attached hydrogens (tertiary/aromatic N) is 2. The average Bonchev–Trinajstić information content (AvgIpc) is 3.02. The van der Waals surface area contributed by atoms with Gasteiger partial charge >= 0.3 is 0 Å². The second-order valence-corrected chi connectivity index (χ2v) is 5.61. The van der Waals surface area contributed by atoms with Crippen LogP contribution in [0.4, 0.5) is 17.3 Å². The molecule has 0 fully saturated rings. The third-order valence-corrected chi connectivity index (χ3v) is 4.06. The van der Waals surface area contributed by atoms with Crippen LogP contribution in [0.15, 0.2) is 41.8 Å². The summed E-state index contributed by atoms with van der Waals surface area (Å²) >= 11 is 1.56. The first-order valence-corrected chi connectivity index (χ1v) is 7.70. The Kier molecular flexibility index (Phi) is 4.26. The zero-order chi connectivity index (χ0) is 16.2. The number of anilines is 3. The van der Waals surface area contributed by atoms with Gasteiger partial charge in [0, 0.05) is 17.0 Å². The number of nitrogen functional groups attached to an aromatic ring is 3. The fourth-order valence-electron chi connectivity index (χ4n) is 2.06. The van der Waals surface area contributed by atoms with E-state index < -0.39 is 0 Å². The molecule has 0 aliphatic rings. The van der Waals surface area contributed by atoms with Gasteiger partial charge in [-0.3, -0.25) is 5.84 Å². The quantitative estimate of drug-likeness (QED) is 0.418. The van der Waals surface area contributed by atoms with E-state index in [1.54, 1.807) is 17.4 Å². The van der Waals surface area contributed by atoms with E-state index >= 15 is 0 Å². The van der Waals surface area contributed by atoms with Crippen LogP contribution in [0.5, 0.6) is 5.75 Å². The van der Waals surface area contributed by atoms with Gasteiger partial charge in [0.2, 0.25) is 0 Å². The Morgan fingerprint density at radius 1 is 1.13 bits per heavy atom. The largest absolute Gasteiger partial charge is 0.485 e. The molecule has 3 rings (SSSR count). The topological polar surface area (TPSA) is 125 Å². The van der Waals surface area contributed by atoms with Crippen molar-refractivity contribution in [2.75, 3.05) is 16.9 Å². The summed E-state index contributed by atoms with van der Waals surface area (Å²) in [6.07, 6.45) is 0. The number of hydrogen-bond donors (Lipinski definition) is 4. The lowest BCUT2D eigenvalue weighted by molar-refractivity contribution is 0.304. The fourth-order valence-corrected chi connectivity index (χ4v) is 2.87. The molecule has 3 aromatic rings. The minimum atomic E-state index is 0.186. The average molecular weight is 328 g/mol. The predicted molar refractivity (Wildman–Crippen MR) is 92.8 cm³/mol. The summed E-state index contributed by atoms with van der Waals surface area (Å²) in [5, 5.41) is 2.89. The third kappa shape index (κ3) is 3.33. The Balaban J connectivity index is 1.76. The van der Waals surface area contributed by atoms with Crippen molar-refractivity contribution < 1.29 is 4.74 Å². The van der Waals surface area contributed by atoms with E-state index in [9.17, 15) is 0 Å². The van der Waals surface area contributed by atoms with Gasteiger partial charge in [0.05, 0.1) is 5.69 Å². The third-order valence-electron chi connectivity index (χ3n) is 3.12. The molecular formula is C15H16N6OS. The maximum Gasteiger partial charge on any atom is 0.154 e. The first-order valence-electron chi connectivity index (χ1n) is 6.82. The van der Waals surface area contributed by atoms with Crippen LogP contribution in [0.1, 0.15) is 5.69 Å². The minimum absolute atomic E-state index is 0.186. The van der Waals surface area contributed by atoms with E-state index in [2.05, 4.69) is 15.4 Å². The van der Waals surface area contributed by atoms with Crippen molar-refractivity contribution in [2.45, 2.75) is 6.61 Å². The molecule has 0 amide bonds. The van der Waals surface area contributed by atoms with Crippen LogP contribution in [0.2, 0.25) is 0 Å². The number of hydrogen-bond acceptors (Lipinski definition) is 8. The molecule has 0 saturated carbocycles. The highest BCUT2D eigenvalue weighted by Gasteiger charge is 2.11. The molecule has 0 spiro atoms. The highest BCUT2D eigenvalue weighted by Crippen LogP contribution is 2.31. The highest BCUT2D eigenvalue weighted by atomic mass is 32.1. The van der Waals surface area contributed by atoms with Gasteiger partial charge in [-0.05, 0) is 0 Å². The van der Waals surface area contributed by atoms with E-state index in [0.29, 0.717) is 11.4 Å². The van der Waals surface area contributed by atoms with Gasteiger partial charge in [0.15, 0.2) is 11.6 Å². The number of nitrogens with two attached hydrogens (primary N) is 3. The van der Waals surface area contributed by atoms with Crippen molar-refractivity contribution in [1.29, 1.82) is 0 Å². The molecule has 0 bridgehead atoms. The van der Waals surface area contributed by atoms with Crippen LogP contribution in [-0.2, 0) is 6.61 Å². The number of thiazole rings is 1. The summed E-state index contributed by atoms with van der Waals surface area (Å²) in [6.45, 7) is 0.279. The molecule has 0 atom stereocenters. The monoisotopic (exact) mass is 328 g/mol. The molecule has 2 heterocycles. The van der Waals surface area contributed by atoms with Gasteiger partial charge < -0.3 is 21.6 Å². The Bertz CT molecular complexity index is 805. The van der Waals surface area contributed by atoms with Crippen molar-refractivity contribution in [3.05, 3.63) is 47.5 Å². The van der Waals surface area contributed by atoms with E-state index in [-0.39, 0.29) is 18.2 Å². The highest BCUT2D eigenvalue weighted by molar-refractivity contribution is 7.13. The first-order chi connectivity index (χ1) is 11.2. The zero-order valence-corrected chi connectivity index (χ0v) is 13.0. The summed E-state index contributed by atoms with van der Waals surface area (Å²) in [6, 6.07) is 11.5. The van der Waals surface area contributed by atoms with Crippen LogP contribution in [0.25, 0.3) is 10.6 Å². The molecule has 8 heteroatoms. The maximum atomic E-state index is 5.75. The van der Waals surface area contributed by atoms with Crippen molar-refractivity contribution in [1.82, 2.24) is 9.97 Å². The number of pyridine rings is 1. The Labute approximate surface area is 137 Å². The summed E-state index contributed by atoms with van der Waals surface area (Å²) in [4.78, 5) is 8.48. The lowest BCUT2D eigenvalue weighted by Crippen LogP contribution is -2.13. The maximum absolute atomic E-state index is 5.75. The van der Waals surface area contributed by atoms with E-state index in [4.69, 9.17) is 22.0 Å². The second-order valence-electron chi connectivity index (χ2n) is 4.75. The lowest BCUT2D eigenvalue weighted by atomic mass is 10.2. The number of hydrazine groups is 1. The molecular weight excluding hydrogens is 312 g/mol. The summed E-state index contributed by atoms with van der Waals surface area (Å²) in [7, 11) is 0. The standard InChI is InChI=1S/C15H16N6OS/c16-12-6-11(13(21-18)14(17)20-12)22-7-10-8-23-15(19-10)9-4-2-1-3-5-9/h1-6,8,21H,7,18H2,(H4,16,17,20). The zero-order valence-electron chi connectivity index (χ0n) is 12.2. The minimum Gasteiger partial charge on any atom is -0.485 e.